The van der Waals surface area contributed by atoms with E-state index in [2.05, 4.69) is 29.4 Å². The van der Waals surface area contributed by atoms with Gasteiger partial charge in [0.05, 0.1) is 5.75 Å². The Labute approximate surface area is 208 Å². The highest BCUT2D eigenvalue weighted by molar-refractivity contribution is 7.99. The van der Waals surface area contributed by atoms with Crippen LogP contribution in [0.2, 0.25) is 0 Å². The Morgan fingerprint density at radius 1 is 1.09 bits per heavy atom. The number of nitrogens with one attached hydrogen (secondary N) is 2. The highest BCUT2D eigenvalue weighted by atomic mass is 32.2. The zero-order valence-electron chi connectivity index (χ0n) is 20.6. The lowest BCUT2D eigenvalue weighted by Crippen LogP contribution is -2.49. The number of aromatic nitrogens is 4. The third-order valence-electron chi connectivity index (χ3n) is 5.91. The molecule has 1 fully saturated rings. The molecule has 0 atom stereocenters. The summed E-state index contributed by atoms with van der Waals surface area (Å²) in [4.78, 5) is 50.1. The van der Waals surface area contributed by atoms with Crippen LogP contribution in [-0.4, -0.2) is 120 Å². The number of imidazole rings is 1. The number of nitrogens with zero attached hydrogens (tertiary/aromatic N) is 6. The molecule has 1 saturated heterocycles. The molecule has 35 heavy (non-hydrogen) atoms. The van der Waals surface area contributed by atoms with E-state index in [-0.39, 0.29) is 29.1 Å². The van der Waals surface area contributed by atoms with Crippen LogP contribution in [0.5, 0.6) is 0 Å². The van der Waals surface area contributed by atoms with Gasteiger partial charge in [0.2, 0.25) is 15.9 Å². The van der Waals surface area contributed by atoms with Crippen LogP contribution in [0.1, 0.15) is 6.42 Å². The molecule has 196 valence electrons. The number of carbonyl (C=O) groups excluding carboxylic acids is 1. The average Bonchev–Trinajstić information content (AvgIpc) is 3.23. The van der Waals surface area contributed by atoms with Crippen LogP contribution >= 0.6 is 11.8 Å². The SMILES string of the molecule is CN(C)CCN1CCN(CCS(=O)(=O)NC(=O)CCSc2nc3c([nH]2)c(=O)n(C)c(=O)n3C)CC1. The molecule has 0 radical (unpaired) electrons. The second-order valence-corrected chi connectivity index (χ2v) is 11.8. The summed E-state index contributed by atoms with van der Waals surface area (Å²) in [6, 6.07) is 0. The number of H-pyrrole nitrogens is 1. The Balaban J connectivity index is 1.42. The number of carbonyl (C=O) groups is 1. The highest BCUT2D eigenvalue weighted by Crippen LogP contribution is 2.17. The van der Waals surface area contributed by atoms with Crippen LogP contribution < -0.4 is 16.0 Å². The Bertz CT molecular complexity index is 1260. The van der Waals surface area contributed by atoms with Crippen molar-refractivity contribution in [1.29, 1.82) is 0 Å². The maximum absolute atomic E-state index is 12.3. The van der Waals surface area contributed by atoms with Gasteiger partial charge in [-0.25, -0.2) is 18.2 Å². The molecule has 0 spiro atoms. The van der Waals surface area contributed by atoms with Crippen LogP contribution in [0, 0.1) is 0 Å². The summed E-state index contributed by atoms with van der Waals surface area (Å²) >= 11 is 1.17. The van der Waals surface area contributed by atoms with E-state index in [0.717, 1.165) is 43.8 Å². The van der Waals surface area contributed by atoms with Crippen molar-refractivity contribution in [3.63, 3.8) is 0 Å². The number of aromatic amines is 1. The van der Waals surface area contributed by atoms with Crippen LogP contribution in [0.4, 0.5) is 0 Å². The quantitative estimate of drug-likeness (QED) is 0.315. The molecule has 3 rings (SSSR count). The van der Waals surface area contributed by atoms with E-state index < -0.39 is 27.2 Å². The largest absolute Gasteiger partial charge is 0.332 e. The molecule has 2 aromatic heterocycles. The third kappa shape index (κ3) is 7.39. The number of rotatable bonds is 11. The van der Waals surface area contributed by atoms with Gasteiger partial charge in [0, 0.05) is 72.1 Å². The second-order valence-electron chi connectivity index (χ2n) is 8.88. The van der Waals surface area contributed by atoms with E-state index in [1.165, 1.54) is 30.4 Å². The number of amides is 1. The molecule has 1 amide bonds. The minimum atomic E-state index is -3.73. The first-order valence-corrected chi connectivity index (χ1v) is 14.0. The van der Waals surface area contributed by atoms with E-state index in [0.29, 0.717) is 11.7 Å². The fourth-order valence-electron chi connectivity index (χ4n) is 3.72. The lowest BCUT2D eigenvalue weighted by molar-refractivity contribution is -0.118. The Morgan fingerprint density at radius 2 is 1.71 bits per heavy atom. The normalized spacial score (nSPS) is 15.8. The van der Waals surface area contributed by atoms with Gasteiger partial charge in [0.15, 0.2) is 16.3 Å². The first-order chi connectivity index (χ1) is 16.5. The summed E-state index contributed by atoms with van der Waals surface area (Å²) in [6.45, 7) is 5.78. The molecule has 0 bridgehead atoms. The van der Waals surface area contributed by atoms with Crippen LogP contribution in [-0.2, 0) is 28.9 Å². The van der Waals surface area contributed by atoms with Gasteiger partial charge in [-0.15, -0.1) is 0 Å². The molecular weight excluding hydrogens is 496 g/mol. The van der Waals surface area contributed by atoms with Crippen molar-refractivity contribution in [3.8, 4) is 0 Å². The van der Waals surface area contributed by atoms with Crippen molar-refractivity contribution in [2.24, 2.45) is 14.1 Å². The van der Waals surface area contributed by atoms with Gasteiger partial charge >= 0.3 is 5.69 Å². The van der Waals surface area contributed by atoms with E-state index >= 15 is 0 Å². The number of fused-ring (bicyclic) bond motifs is 1. The summed E-state index contributed by atoms with van der Waals surface area (Å²) in [7, 11) is 3.26. The molecule has 1 aliphatic rings. The minimum Gasteiger partial charge on any atom is -0.327 e. The minimum absolute atomic E-state index is 0.0393. The molecule has 0 aliphatic carbocycles. The molecular formula is C20H34N8O5S2. The highest BCUT2D eigenvalue weighted by Gasteiger charge is 2.21. The smallest absolute Gasteiger partial charge is 0.327 e. The summed E-state index contributed by atoms with van der Waals surface area (Å²) in [6.07, 6.45) is -0.0393. The zero-order chi connectivity index (χ0) is 25.8. The maximum atomic E-state index is 12.3. The average molecular weight is 531 g/mol. The van der Waals surface area contributed by atoms with Crippen molar-refractivity contribution in [3.05, 3.63) is 20.8 Å². The van der Waals surface area contributed by atoms with E-state index in [9.17, 15) is 22.8 Å². The van der Waals surface area contributed by atoms with Crippen LogP contribution in [0.15, 0.2) is 14.7 Å². The molecule has 13 nitrogen and oxygen atoms in total. The summed E-state index contributed by atoms with van der Waals surface area (Å²) in [5, 5.41) is 0.374. The van der Waals surface area contributed by atoms with Gasteiger partial charge in [-0.3, -0.25) is 33.2 Å². The molecule has 15 heteroatoms. The van der Waals surface area contributed by atoms with Gasteiger partial charge in [-0.1, -0.05) is 11.8 Å². The number of likely N-dealkylation sites (N-methyl/N-ethyl adjacent to an activating group) is 1. The Morgan fingerprint density at radius 3 is 2.34 bits per heavy atom. The van der Waals surface area contributed by atoms with Gasteiger partial charge in [0.25, 0.3) is 5.56 Å². The Kier molecular flexibility index (Phi) is 9.15. The molecule has 3 heterocycles. The first kappa shape index (κ1) is 27.4. The molecule has 1 aliphatic heterocycles. The van der Waals surface area contributed by atoms with Crippen molar-refractivity contribution in [2.45, 2.75) is 11.6 Å². The number of thioether (sulfide) groups is 1. The zero-order valence-corrected chi connectivity index (χ0v) is 22.2. The van der Waals surface area contributed by atoms with Gasteiger partial charge < -0.3 is 9.88 Å². The van der Waals surface area contributed by atoms with Crippen LogP contribution in [0.3, 0.4) is 0 Å². The third-order valence-corrected chi connectivity index (χ3v) is 8.05. The summed E-state index contributed by atoms with van der Waals surface area (Å²) < 4.78 is 29.1. The number of sulfonamides is 1. The molecule has 0 unspecified atom stereocenters. The van der Waals surface area contributed by atoms with Crippen molar-refractivity contribution < 1.29 is 13.2 Å². The van der Waals surface area contributed by atoms with E-state index in [1.54, 1.807) is 0 Å². The molecule has 2 aromatic rings. The second kappa shape index (κ2) is 11.7. The number of hydrogen-bond donors (Lipinski definition) is 2. The van der Waals surface area contributed by atoms with Crippen molar-refractivity contribution in [2.75, 3.05) is 71.4 Å². The van der Waals surface area contributed by atoms with E-state index in [1.807, 2.05) is 14.1 Å². The lowest BCUT2D eigenvalue weighted by Gasteiger charge is -2.35. The lowest BCUT2D eigenvalue weighted by atomic mass is 10.3. The summed E-state index contributed by atoms with van der Waals surface area (Å²) in [5.74, 6) is -0.472. The number of aryl methyl sites for hydroxylation is 1. The first-order valence-electron chi connectivity index (χ1n) is 11.4. The van der Waals surface area contributed by atoms with Crippen molar-refractivity contribution >= 4 is 38.9 Å². The van der Waals surface area contributed by atoms with Gasteiger partial charge in [-0.2, -0.15) is 0 Å². The maximum Gasteiger partial charge on any atom is 0.332 e. The van der Waals surface area contributed by atoms with Crippen LogP contribution in [0.25, 0.3) is 11.2 Å². The fourth-order valence-corrected chi connectivity index (χ4v) is 5.57. The molecule has 2 N–H and O–H groups in total. The predicted octanol–water partition coefficient (Wildman–Crippen LogP) is -1.93. The van der Waals surface area contributed by atoms with Gasteiger partial charge in [-0.05, 0) is 14.1 Å². The Hall–Kier alpha value is -2.20. The van der Waals surface area contributed by atoms with Crippen molar-refractivity contribution in [1.82, 2.24) is 38.5 Å². The summed E-state index contributed by atoms with van der Waals surface area (Å²) in [5.41, 5.74) is -0.545. The topological polar surface area (TPSA) is 146 Å². The fraction of sp³-hybridized carbons (Fsp3) is 0.700. The molecule has 0 saturated carbocycles. The standard InChI is InChI=1S/C20H34N8O5S2/c1-24(2)6-7-27-8-10-28(11-9-27)12-14-35(32,33)23-15(29)5-13-34-19-21-16-17(22-19)25(3)20(31)26(4)18(16)30/h5-14H2,1-4H3,(H,21,22)(H,23,29). The predicted molar refractivity (Wildman–Crippen MR) is 135 cm³/mol. The number of hydrogen-bond acceptors (Lipinski definition) is 10. The van der Waals surface area contributed by atoms with E-state index in [4.69, 9.17) is 0 Å². The molecule has 0 aromatic carbocycles. The van der Waals surface area contributed by atoms with Gasteiger partial charge in [0.1, 0.15) is 0 Å². The monoisotopic (exact) mass is 530 g/mol. The number of piperazine rings is 1.